The minimum Gasteiger partial charge on any atom is -0.465 e. The summed E-state index contributed by atoms with van der Waals surface area (Å²) < 4.78 is 31.3. The zero-order valence-corrected chi connectivity index (χ0v) is 16.3. The van der Waals surface area contributed by atoms with Crippen molar-refractivity contribution in [1.29, 1.82) is 0 Å². The second-order valence-electron chi connectivity index (χ2n) is 6.29. The average molecular weight is 437 g/mol. The molecule has 7 heteroatoms. The quantitative estimate of drug-likeness (QED) is 0.530. The van der Waals surface area contributed by atoms with Crippen LogP contribution in [0.4, 0.5) is 4.39 Å². The Morgan fingerprint density at radius 1 is 1.07 bits per heavy atom. The van der Waals surface area contributed by atoms with E-state index in [9.17, 15) is 9.59 Å². The number of hydrogen-bond donors (Lipinski definition) is 0. The Bertz CT molecular complexity index is 839. The summed E-state index contributed by atoms with van der Waals surface area (Å²) >= 11 is 3.16. The van der Waals surface area contributed by atoms with Gasteiger partial charge in [0, 0.05) is 0 Å². The lowest BCUT2D eigenvalue weighted by atomic mass is 9.93. The third-order valence-electron chi connectivity index (χ3n) is 4.46. The molecular formula is C20H18BrFO5. The van der Waals surface area contributed by atoms with Crippen molar-refractivity contribution in [3.63, 3.8) is 0 Å². The Morgan fingerprint density at radius 2 is 1.70 bits per heavy atom. The summed E-state index contributed by atoms with van der Waals surface area (Å²) in [5.74, 6) is -1.25. The number of hydrogen-bond acceptors (Lipinski definition) is 5. The van der Waals surface area contributed by atoms with Gasteiger partial charge in [-0.05, 0) is 30.7 Å². The molecule has 0 amide bonds. The molecule has 4 atom stereocenters. The van der Waals surface area contributed by atoms with Crippen molar-refractivity contribution < 1.29 is 28.2 Å². The molecular weight excluding hydrogens is 419 g/mol. The van der Waals surface area contributed by atoms with Crippen LogP contribution in [0.2, 0.25) is 0 Å². The molecule has 1 saturated heterocycles. The molecule has 1 aliphatic rings. The first-order chi connectivity index (χ1) is 12.9. The van der Waals surface area contributed by atoms with E-state index in [2.05, 4.69) is 15.9 Å². The molecule has 0 radical (unpaired) electrons. The van der Waals surface area contributed by atoms with Crippen LogP contribution in [0.15, 0.2) is 54.6 Å². The molecule has 1 aliphatic heterocycles. The third kappa shape index (κ3) is 3.75. The molecule has 5 nitrogen and oxygen atoms in total. The maximum Gasteiger partial charge on any atom is 0.338 e. The lowest BCUT2D eigenvalue weighted by Crippen LogP contribution is -2.41. The van der Waals surface area contributed by atoms with Gasteiger partial charge in [0.15, 0.2) is 16.8 Å². The van der Waals surface area contributed by atoms with Gasteiger partial charge in [-0.2, -0.15) is 0 Å². The lowest BCUT2D eigenvalue weighted by molar-refractivity contribution is -0.0246. The smallest absolute Gasteiger partial charge is 0.338 e. The SMILES string of the molecule is COC(=O)c1ccccc1[C@H]1O[C@H](Br)[C@](C)(F)[C@@H]1OC(=O)c1ccccc1. The highest BCUT2D eigenvalue weighted by atomic mass is 79.9. The van der Waals surface area contributed by atoms with Crippen molar-refractivity contribution >= 4 is 27.9 Å². The van der Waals surface area contributed by atoms with Crippen LogP contribution in [0.25, 0.3) is 0 Å². The van der Waals surface area contributed by atoms with E-state index in [0.29, 0.717) is 11.1 Å². The van der Waals surface area contributed by atoms with Crippen molar-refractivity contribution in [2.24, 2.45) is 0 Å². The van der Waals surface area contributed by atoms with Gasteiger partial charge in [0.2, 0.25) is 0 Å². The van der Waals surface area contributed by atoms with Crippen LogP contribution in [0.5, 0.6) is 0 Å². The zero-order chi connectivity index (χ0) is 19.6. The number of benzene rings is 2. The second-order valence-corrected chi connectivity index (χ2v) is 7.13. The molecule has 2 aromatic rings. The predicted molar refractivity (Wildman–Crippen MR) is 99.5 cm³/mol. The first-order valence-corrected chi connectivity index (χ1v) is 9.19. The summed E-state index contributed by atoms with van der Waals surface area (Å²) in [5.41, 5.74) is -1.10. The normalized spacial score (nSPS) is 27.2. The van der Waals surface area contributed by atoms with E-state index in [1.54, 1.807) is 54.6 Å². The molecule has 1 heterocycles. The van der Waals surface area contributed by atoms with E-state index in [-0.39, 0.29) is 5.56 Å². The van der Waals surface area contributed by atoms with E-state index in [4.69, 9.17) is 14.2 Å². The minimum absolute atomic E-state index is 0.225. The highest BCUT2D eigenvalue weighted by molar-refractivity contribution is 9.09. The Morgan fingerprint density at radius 3 is 2.37 bits per heavy atom. The average Bonchev–Trinajstić information content (AvgIpc) is 2.91. The first-order valence-electron chi connectivity index (χ1n) is 8.28. The van der Waals surface area contributed by atoms with E-state index >= 15 is 4.39 Å². The van der Waals surface area contributed by atoms with Gasteiger partial charge in [-0.25, -0.2) is 14.0 Å². The Kier molecular flexibility index (Phi) is 5.62. The highest BCUT2D eigenvalue weighted by Gasteiger charge is 2.57. The van der Waals surface area contributed by atoms with Gasteiger partial charge in [0.05, 0.1) is 18.2 Å². The largest absolute Gasteiger partial charge is 0.465 e. The standard InChI is InChI=1S/C20H18BrFO5/c1-20(22)16(27-17(23)12-8-4-3-5-9-12)15(26-19(20)21)13-10-6-7-11-14(13)18(24)25-2/h3-11,15-16,19H,1-2H3/t15-,16-,19+,20-/m1/s1. The number of rotatable bonds is 4. The molecule has 27 heavy (non-hydrogen) atoms. The molecule has 142 valence electrons. The van der Waals surface area contributed by atoms with Crippen molar-refractivity contribution in [3.8, 4) is 0 Å². The number of alkyl halides is 2. The summed E-state index contributed by atoms with van der Waals surface area (Å²) in [7, 11) is 1.26. The third-order valence-corrected chi connectivity index (χ3v) is 5.57. The fraction of sp³-hybridized carbons (Fsp3) is 0.300. The first kappa shape index (κ1) is 19.5. The van der Waals surface area contributed by atoms with Gasteiger partial charge in [-0.15, -0.1) is 0 Å². The molecule has 3 rings (SSSR count). The molecule has 0 N–H and O–H groups in total. The van der Waals surface area contributed by atoms with Crippen LogP contribution in [-0.4, -0.2) is 35.8 Å². The van der Waals surface area contributed by atoms with Gasteiger partial charge in [0.25, 0.3) is 0 Å². The van der Waals surface area contributed by atoms with Crippen molar-refractivity contribution in [2.75, 3.05) is 7.11 Å². The Labute approximate surface area is 164 Å². The van der Waals surface area contributed by atoms with E-state index in [1.165, 1.54) is 14.0 Å². The highest BCUT2D eigenvalue weighted by Crippen LogP contribution is 2.47. The van der Waals surface area contributed by atoms with E-state index in [1.807, 2.05) is 0 Å². The van der Waals surface area contributed by atoms with Crippen molar-refractivity contribution in [2.45, 2.75) is 29.8 Å². The molecule has 1 fully saturated rings. The Balaban J connectivity index is 1.97. The van der Waals surface area contributed by atoms with Gasteiger partial charge >= 0.3 is 11.9 Å². The molecule has 2 aromatic carbocycles. The maximum absolute atomic E-state index is 15.3. The van der Waals surface area contributed by atoms with Gasteiger partial charge in [-0.3, -0.25) is 0 Å². The molecule has 0 aromatic heterocycles. The molecule has 0 saturated carbocycles. The predicted octanol–water partition coefficient (Wildman–Crippen LogP) is 4.22. The van der Waals surface area contributed by atoms with Crippen molar-refractivity contribution in [1.82, 2.24) is 0 Å². The minimum atomic E-state index is -2.02. The zero-order valence-electron chi connectivity index (χ0n) is 14.7. The Hall–Kier alpha value is -2.25. The topological polar surface area (TPSA) is 61.8 Å². The van der Waals surface area contributed by atoms with Gasteiger partial charge in [0.1, 0.15) is 6.10 Å². The van der Waals surface area contributed by atoms with E-state index < -0.39 is 34.8 Å². The van der Waals surface area contributed by atoms with Crippen LogP contribution >= 0.6 is 15.9 Å². The summed E-state index contributed by atoms with van der Waals surface area (Å²) in [6.07, 6.45) is -2.24. The summed E-state index contributed by atoms with van der Waals surface area (Å²) in [6, 6.07) is 14.8. The van der Waals surface area contributed by atoms with Crippen LogP contribution in [0, 0.1) is 0 Å². The fourth-order valence-corrected chi connectivity index (χ4v) is 3.46. The van der Waals surface area contributed by atoms with Crippen LogP contribution in [-0.2, 0) is 14.2 Å². The number of halogens is 2. The molecule has 0 bridgehead atoms. The fourth-order valence-electron chi connectivity index (χ4n) is 2.97. The van der Waals surface area contributed by atoms with Gasteiger partial charge < -0.3 is 14.2 Å². The molecule has 0 aliphatic carbocycles. The van der Waals surface area contributed by atoms with Gasteiger partial charge in [-0.1, -0.05) is 52.3 Å². The van der Waals surface area contributed by atoms with Crippen LogP contribution in [0.3, 0.4) is 0 Å². The second kappa shape index (κ2) is 7.78. The number of methoxy groups -OCH3 is 1. The number of ether oxygens (including phenoxy) is 3. The number of carbonyl (C=O) groups excluding carboxylic acids is 2. The maximum atomic E-state index is 15.3. The summed E-state index contributed by atoms with van der Waals surface area (Å²) in [5, 5.41) is -1.02. The van der Waals surface area contributed by atoms with Crippen molar-refractivity contribution in [3.05, 3.63) is 71.3 Å². The number of carbonyl (C=O) groups is 2. The van der Waals surface area contributed by atoms with Crippen LogP contribution in [0.1, 0.15) is 39.3 Å². The van der Waals surface area contributed by atoms with E-state index in [0.717, 1.165) is 0 Å². The van der Waals surface area contributed by atoms with Crippen LogP contribution < -0.4 is 0 Å². The molecule has 0 unspecified atom stereocenters. The monoisotopic (exact) mass is 436 g/mol. The lowest BCUT2D eigenvalue weighted by Gasteiger charge is -2.26. The summed E-state index contributed by atoms with van der Waals surface area (Å²) in [6.45, 7) is 1.29. The summed E-state index contributed by atoms with van der Waals surface area (Å²) in [4.78, 5) is 24.6. The number of esters is 2. The molecule has 0 spiro atoms.